The molecular weight excluding hydrogens is 515 g/mol. The molecular formula is C28H28F7NO2. The van der Waals surface area contributed by atoms with Crippen LogP contribution < -0.4 is 14.4 Å². The van der Waals surface area contributed by atoms with Gasteiger partial charge in [-0.15, -0.1) is 0 Å². The van der Waals surface area contributed by atoms with Crippen molar-refractivity contribution in [2.24, 2.45) is 0 Å². The largest absolute Gasteiger partial charge is 0.457 e. The molecule has 0 aliphatic rings. The first kappa shape index (κ1) is 29.1. The van der Waals surface area contributed by atoms with E-state index < -0.39 is 38.1 Å². The smallest absolute Gasteiger partial charge is 0.390 e. The SMILES string of the molecule is CC(C)c1cccc(Oc2cccc(N(CCC(F)(F)F)Cc3cccc(OC(F)(CF)C(F)F)c3)c2)c1. The van der Waals surface area contributed by atoms with E-state index in [9.17, 15) is 30.7 Å². The summed E-state index contributed by atoms with van der Waals surface area (Å²) in [6.45, 7) is 1.49. The predicted octanol–water partition coefficient (Wildman–Crippen LogP) is 8.84. The van der Waals surface area contributed by atoms with Gasteiger partial charge in [-0.3, -0.25) is 0 Å². The standard InChI is InChI=1S/C28H28F7NO2/c1-19(2)21-7-4-9-23(15-21)37-24-10-5-8-22(16-24)36(13-12-28(33,34)35)17-20-6-3-11-25(14-20)38-27(32,18-29)26(30)31/h3-11,14-16,19,26H,12-13,17-18H2,1-2H3. The monoisotopic (exact) mass is 543 g/mol. The first-order valence-corrected chi connectivity index (χ1v) is 11.9. The van der Waals surface area contributed by atoms with E-state index in [0.29, 0.717) is 22.7 Å². The van der Waals surface area contributed by atoms with E-state index in [0.717, 1.165) is 11.6 Å². The summed E-state index contributed by atoms with van der Waals surface area (Å²) in [6, 6.07) is 19.2. The van der Waals surface area contributed by atoms with E-state index in [4.69, 9.17) is 4.74 Å². The van der Waals surface area contributed by atoms with Crippen molar-refractivity contribution in [2.75, 3.05) is 18.1 Å². The van der Waals surface area contributed by atoms with Crippen LogP contribution in [0.25, 0.3) is 0 Å². The van der Waals surface area contributed by atoms with Crippen molar-refractivity contribution in [1.29, 1.82) is 0 Å². The molecule has 0 aliphatic carbocycles. The molecule has 1 unspecified atom stereocenters. The van der Waals surface area contributed by atoms with Crippen molar-refractivity contribution in [1.82, 2.24) is 0 Å². The summed E-state index contributed by atoms with van der Waals surface area (Å²) in [6.07, 6.45) is -9.28. The Kier molecular flexibility index (Phi) is 9.51. The van der Waals surface area contributed by atoms with Crippen LogP contribution in [0, 0.1) is 0 Å². The number of benzene rings is 3. The van der Waals surface area contributed by atoms with E-state index in [1.54, 1.807) is 30.3 Å². The quantitative estimate of drug-likeness (QED) is 0.213. The Morgan fingerprint density at radius 2 is 1.45 bits per heavy atom. The second-order valence-corrected chi connectivity index (χ2v) is 9.08. The number of nitrogens with zero attached hydrogens (tertiary/aromatic N) is 1. The third-order valence-electron chi connectivity index (χ3n) is 5.68. The third kappa shape index (κ3) is 8.29. The summed E-state index contributed by atoms with van der Waals surface area (Å²) in [4.78, 5) is 1.43. The lowest BCUT2D eigenvalue weighted by Gasteiger charge is -2.27. The molecule has 206 valence electrons. The molecule has 1 atom stereocenters. The van der Waals surface area contributed by atoms with Crippen LogP contribution in [0.5, 0.6) is 17.2 Å². The second kappa shape index (κ2) is 12.4. The summed E-state index contributed by atoms with van der Waals surface area (Å²) in [7, 11) is 0. The predicted molar refractivity (Wildman–Crippen MR) is 132 cm³/mol. The molecule has 38 heavy (non-hydrogen) atoms. The molecule has 0 saturated heterocycles. The van der Waals surface area contributed by atoms with E-state index in [1.807, 2.05) is 32.0 Å². The molecule has 3 nitrogen and oxygen atoms in total. The summed E-state index contributed by atoms with van der Waals surface area (Å²) >= 11 is 0. The molecule has 0 radical (unpaired) electrons. The fourth-order valence-electron chi connectivity index (χ4n) is 3.63. The van der Waals surface area contributed by atoms with Crippen molar-refractivity contribution >= 4 is 5.69 Å². The lowest BCUT2D eigenvalue weighted by atomic mass is 10.0. The zero-order valence-corrected chi connectivity index (χ0v) is 20.8. The van der Waals surface area contributed by atoms with Gasteiger partial charge in [0.05, 0.1) is 6.42 Å². The Morgan fingerprint density at radius 3 is 2.08 bits per heavy atom. The van der Waals surface area contributed by atoms with Gasteiger partial charge in [0, 0.05) is 24.8 Å². The number of hydrogen-bond donors (Lipinski definition) is 0. The lowest BCUT2D eigenvalue weighted by molar-refractivity contribution is -0.175. The zero-order valence-electron chi connectivity index (χ0n) is 20.8. The molecule has 10 heteroatoms. The second-order valence-electron chi connectivity index (χ2n) is 9.08. The Morgan fingerprint density at radius 1 is 0.816 bits per heavy atom. The van der Waals surface area contributed by atoms with Crippen LogP contribution in [0.4, 0.5) is 36.4 Å². The average Bonchev–Trinajstić information content (AvgIpc) is 2.86. The molecule has 0 aromatic heterocycles. The van der Waals surface area contributed by atoms with Crippen LogP contribution in [0.3, 0.4) is 0 Å². The highest BCUT2D eigenvalue weighted by atomic mass is 19.4. The first-order valence-electron chi connectivity index (χ1n) is 11.9. The molecule has 0 amide bonds. The van der Waals surface area contributed by atoms with Crippen molar-refractivity contribution in [3.63, 3.8) is 0 Å². The highest BCUT2D eigenvalue weighted by Crippen LogP contribution is 2.32. The van der Waals surface area contributed by atoms with E-state index in [1.165, 1.54) is 23.1 Å². The summed E-state index contributed by atoms with van der Waals surface area (Å²) in [5.41, 5.74) is 1.81. The van der Waals surface area contributed by atoms with Crippen molar-refractivity contribution in [2.45, 2.75) is 51.2 Å². The van der Waals surface area contributed by atoms with Gasteiger partial charge < -0.3 is 14.4 Å². The number of rotatable bonds is 12. The van der Waals surface area contributed by atoms with Crippen molar-refractivity contribution < 1.29 is 40.2 Å². The van der Waals surface area contributed by atoms with Crippen LogP contribution in [-0.4, -0.2) is 31.7 Å². The highest BCUT2D eigenvalue weighted by molar-refractivity contribution is 5.52. The van der Waals surface area contributed by atoms with Gasteiger partial charge >= 0.3 is 18.5 Å². The van der Waals surface area contributed by atoms with Gasteiger partial charge in [-0.05, 0) is 53.4 Å². The van der Waals surface area contributed by atoms with Gasteiger partial charge in [-0.2, -0.15) is 17.6 Å². The Balaban J connectivity index is 1.85. The lowest BCUT2D eigenvalue weighted by Crippen LogP contribution is -2.41. The summed E-state index contributed by atoms with van der Waals surface area (Å²) < 4.78 is 102. The van der Waals surface area contributed by atoms with Gasteiger partial charge in [-0.1, -0.05) is 44.2 Å². The Hall–Kier alpha value is -3.43. The van der Waals surface area contributed by atoms with Crippen molar-refractivity contribution in [3.05, 3.63) is 83.9 Å². The summed E-state index contributed by atoms with van der Waals surface area (Å²) in [5, 5.41) is 0. The third-order valence-corrected chi connectivity index (χ3v) is 5.68. The molecule has 3 rings (SSSR count). The average molecular weight is 544 g/mol. The summed E-state index contributed by atoms with van der Waals surface area (Å²) in [5.74, 6) is -2.95. The van der Waals surface area contributed by atoms with E-state index >= 15 is 0 Å². The topological polar surface area (TPSA) is 21.7 Å². The highest BCUT2D eigenvalue weighted by Gasteiger charge is 2.43. The van der Waals surface area contributed by atoms with E-state index in [-0.39, 0.29) is 18.2 Å². The molecule has 0 bridgehead atoms. The zero-order chi connectivity index (χ0) is 27.9. The van der Waals surface area contributed by atoms with Crippen LogP contribution in [0.1, 0.15) is 37.3 Å². The van der Waals surface area contributed by atoms with Gasteiger partial charge in [0.25, 0.3) is 0 Å². The Labute approximate surface area is 216 Å². The van der Waals surface area contributed by atoms with Gasteiger partial charge in [-0.25, -0.2) is 13.2 Å². The molecule has 0 spiro atoms. The minimum atomic E-state index is -4.43. The Bertz CT molecular complexity index is 1190. The molecule has 0 aliphatic heterocycles. The minimum absolute atomic E-state index is 0.0941. The van der Waals surface area contributed by atoms with Crippen LogP contribution in [0.2, 0.25) is 0 Å². The normalized spacial score (nSPS) is 13.4. The molecule has 0 saturated carbocycles. The van der Waals surface area contributed by atoms with Crippen LogP contribution in [0.15, 0.2) is 72.8 Å². The maximum atomic E-state index is 14.0. The number of hydrogen-bond acceptors (Lipinski definition) is 3. The van der Waals surface area contributed by atoms with Crippen molar-refractivity contribution in [3.8, 4) is 17.2 Å². The number of ether oxygens (including phenoxy) is 2. The molecule has 0 heterocycles. The fraction of sp³-hybridized carbons (Fsp3) is 0.357. The molecule has 3 aromatic carbocycles. The number of anilines is 1. The molecule has 3 aromatic rings. The number of halogens is 7. The number of alkyl halides is 7. The molecule has 0 N–H and O–H groups in total. The van der Waals surface area contributed by atoms with Gasteiger partial charge in [0.15, 0.2) is 6.67 Å². The first-order chi connectivity index (χ1) is 17.9. The maximum absolute atomic E-state index is 14.0. The van der Waals surface area contributed by atoms with Gasteiger partial charge in [0.1, 0.15) is 17.2 Å². The van der Waals surface area contributed by atoms with Crippen LogP contribution in [-0.2, 0) is 6.54 Å². The van der Waals surface area contributed by atoms with E-state index in [2.05, 4.69) is 4.74 Å². The fourth-order valence-corrected chi connectivity index (χ4v) is 3.63. The van der Waals surface area contributed by atoms with Crippen LogP contribution >= 0.6 is 0 Å². The molecule has 0 fully saturated rings. The minimum Gasteiger partial charge on any atom is -0.457 e. The van der Waals surface area contributed by atoms with Gasteiger partial charge in [0.2, 0.25) is 0 Å². The maximum Gasteiger partial charge on any atom is 0.390 e.